The molecule has 3 nitrogen and oxygen atoms in total. The number of carbonyl (C=O) groups excluding carboxylic acids is 1. The molecule has 68 valence electrons. The zero-order chi connectivity index (χ0) is 8.81. The normalized spacial score (nSPS) is 21.9. The summed E-state index contributed by atoms with van der Waals surface area (Å²) < 4.78 is 9.78. The second-order valence-corrected chi connectivity index (χ2v) is 2.79. The van der Waals surface area contributed by atoms with Crippen LogP contribution in [0.5, 0.6) is 0 Å². The molecular formula is C9H14O3. The highest BCUT2D eigenvalue weighted by atomic mass is 16.5. The van der Waals surface area contributed by atoms with Crippen LogP contribution in [0.15, 0.2) is 11.6 Å². The van der Waals surface area contributed by atoms with E-state index in [-0.39, 0.29) is 5.97 Å². The van der Waals surface area contributed by atoms with Gasteiger partial charge in [0.2, 0.25) is 0 Å². The van der Waals surface area contributed by atoms with E-state index >= 15 is 0 Å². The molecule has 12 heavy (non-hydrogen) atoms. The van der Waals surface area contributed by atoms with E-state index < -0.39 is 0 Å². The van der Waals surface area contributed by atoms with Crippen molar-refractivity contribution < 1.29 is 14.3 Å². The molecule has 1 heterocycles. The Morgan fingerprint density at radius 1 is 1.50 bits per heavy atom. The third kappa shape index (κ3) is 3.05. The summed E-state index contributed by atoms with van der Waals surface area (Å²) in [6, 6.07) is 0. The Morgan fingerprint density at radius 2 is 2.33 bits per heavy atom. The van der Waals surface area contributed by atoms with Crippen molar-refractivity contribution in [3.05, 3.63) is 11.6 Å². The average molecular weight is 170 g/mol. The average Bonchev–Trinajstić information content (AvgIpc) is 2.33. The Hall–Kier alpha value is -0.830. The molecule has 0 saturated carbocycles. The molecule has 3 heteroatoms. The van der Waals surface area contributed by atoms with Gasteiger partial charge in [0.05, 0.1) is 13.7 Å². The minimum absolute atomic E-state index is 0.257. The predicted octanol–water partition coefficient (Wildman–Crippen LogP) is 1.29. The van der Waals surface area contributed by atoms with Crippen LogP contribution in [-0.4, -0.2) is 26.3 Å². The van der Waals surface area contributed by atoms with Gasteiger partial charge in [0.15, 0.2) is 0 Å². The largest absolute Gasteiger partial charge is 0.466 e. The van der Waals surface area contributed by atoms with Crippen molar-refractivity contribution in [2.24, 2.45) is 0 Å². The number of rotatable bonds is 1. The van der Waals surface area contributed by atoms with E-state index in [2.05, 4.69) is 4.74 Å². The molecule has 0 aromatic carbocycles. The Labute approximate surface area is 72.4 Å². The summed E-state index contributed by atoms with van der Waals surface area (Å²) in [6.07, 6.45) is 4.39. The molecular weight excluding hydrogens is 156 g/mol. The molecule has 1 aliphatic heterocycles. The third-order valence-electron chi connectivity index (χ3n) is 1.88. The van der Waals surface area contributed by atoms with Crippen molar-refractivity contribution in [3.8, 4) is 0 Å². The molecule has 0 N–H and O–H groups in total. The number of methoxy groups -OCH3 is 1. The van der Waals surface area contributed by atoms with Gasteiger partial charge in [-0.15, -0.1) is 0 Å². The van der Waals surface area contributed by atoms with Crippen LogP contribution in [0.25, 0.3) is 0 Å². The van der Waals surface area contributed by atoms with Crippen LogP contribution in [0.3, 0.4) is 0 Å². The molecule has 1 rings (SSSR count). The predicted molar refractivity (Wildman–Crippen MR) is 44.8 cm³/mol. The fourth-order valence-corrected chi connectivity index (χ4v) is 1.20. The van der Waals surface area contributed by atoms with E-state index in [0.29, 0.717) is 0 Å². The van der Waals surface area contributed by atoms with Crippen molar-refractivity contribution >= 4 is 5.97 Å². The minimum Gasteiger partial charge on any atom is -0.466 e. The van der Waals surface area contributed by atoms with E-state index in [4.69, 9.17) is 4.74 Å². The fraction of sp³-hybridized carbons (Fsp3) is 0.667. The molecule has 0 unspecified atom stereocenters. The molecule has 0 amide bonds. The Balaban J connectivity index is 2.47. The summed E-state index contributed by atoms with van der Waals surface area (Å²) in [5.74, 6) is -0.257. The van der Waals surface area contributed by atoms with Crippen molar-refractivity contribution in [2.75, 3.05) is 20.3 Å². The van der Waals surface area contributed by atoms with Crippen LogP contribution in [-0.2, 0) is 14.3 Å². The molecule has 0 spiro atoms. The zero-order valence-corrected chi connectivity index (χ0v) is 7.34. The summed E-state index contributed by atoms with van der Waals surface area (Å²) in [5, 5.41) is 0. The molecule has 1 saturated heterocycles. The number of hydrogen-bond donors (Lipinski definition) is 0. The first-order valence-corrected chi connectivity index (χ1v) is 4.18. The minimum atomic E-state index is -0.257. The van der Waals surface area contributed by atoms with E-state index in [9.17, 15) is 4.79 Å². The topological polar surface area (TPSA) is 35.5 Å². The molecule has 1 aliphatic rings. The van der Waals surface area contributed by atoms with Crippen LogP contribution in [0.1, 0.15) is 19.3 Å². The third-order valence-corrected chi connectivity index (χ3v) is 1.88. The smallest absolute Gasteiger partial charge is 0.330 e. The highest BCUT2D eigenvalue weighted by Gasteiger charge is 2.05. The number of hydrogen-bond acceptors (Lipinski definition) is 3. The maximum atomic E-state index is 10.9. The van der Waals surface area contributed by atoms with E-state index in [0.717, 1.165) is 38.0 Å². The Morgan fingerprint density at radius 3 is 3.08 bits per heavy atom. The van der Waals surface area contributed by atoms with Gasteiger partial charge in [0.1, 0.15) is 0 Å². The van der Waals surface area contributed by atoms with Crippen LogP contribution in [0.4, 0.5) is 0 Å². The summed E-state index contributed by atoms with van der Waals surface area (Å²) in [4.78, 5) is 10.9. The molecule has 0 bridgehead atoms. The lowest BCUT2D eigenvalue weighted by Crippen LogP contribution is -1.97. The molecule has 1 fully saturated rings. The summed E-state index contributed by atoms with van der Waals surface area (Å²) >= 11 is 0. The number of esters is 1. The lowest BCUT2D eigenvalue weighted by Gasteiger charge is -1.99. The number of carbonyl (C=O) groups is 1. The van der Waals surface area contributed by atoms with Gasteiger partial charge in [-0.3, -0.25) is 0 Å². The van der Waals surface area contributed by atoms with Crippen LogP contribution in [0, 0.1) is 0 Å². The van der Waals surface area contributed by atoms with Crippen LogP contribution < -0.4 is 0 Å². The van der Waals surface area contributed by atoms with Crippen molar-refractivity contribution in [3.63, 3.8) is 0 Å². The van der Waals surface area contributed by atoms with Gasteiger partial charge < -0.3 is 9.47 Å². The van der Waals surface area contributed by atoms with Crippen molar-refractivity contribution in [2.45, 2.75) is 19.3 Å². The van der Waals surface area contributed by atoms with Gasteiger partial charge in [0.25, 0.3) is 0 Å². The second kappa shape index (κ2) is 4.93. The van der Waals surface area contributed by atoms with Gasteiger partial charge in [-0.1, -0.05) is 5.57 Å². The first kappa shape index (κ1) is 9.26. The Kier molecular flexibility index (Phi) is 3.80. The monoisotopic (exact) mass is 170 g/mol. The van der Waals surface area contributed by atoms with E-state index in [1.54, 1.807) is 6.08 Å². The van der Waals surface area contributed by atoms with E-state index in [1.165, 1.54) is 7.11 Å². The maximum Gasteiger partial charge on any atom is 0.330 e. The van der Waals surface area contributed by atoms with Gasteiger partial charge in [0, 0.05) is 12.7 Å². The lowest BCUT2D eigenvalue weighted by molar-refractivity contribution is -0.134. The summed E-state index contributed by atoms with van der Waals surface area (Å²) in [7, 11) is 1.40. The molecule has 0 aromatic rings. The van der Waals surface area contributed by atoms with Gasteiger partial charge in [-0.25, -0.2) is 4.79 Å². The second-order valence-electron chi connectivity index (χ2n) is 2.79. The van der Waals surface area contributed by atoms with Gasteiger partial charge in [-0.2, -0.15) is 0 Å². The quantitative estimate of drug-likeness (QED) is 0.439. The first-order chi connectivity index (χ1) is 5.83. The highest BCUT2D eigenvalue weighted by molar-refractivity contribution is 5.82. The highest BCUT2D eigenvalue weighted by Crippen LogP contribution is 2.14. The molecule has 0 aromatic heterocycles. The van der Waals surface area contributed by atoms with Crippen molar-refractivity contribution in [1.82, 2.24) is 0 Å². The van der Waals surface area contributed by atoms with Gasteiger partial charge >= 0.3 is 5.97 Å². The fourth-order valence-electron chi connectivity index (χ4n) is 1.20. The SMILES string of the molecule is COC(=O)C=C1CCCOCC1. The zero-order valence-electron chi connectivity index (χ0n) is 7.34. The molecule has 0 aliphatic carbocycles. The lowest BCUT2D eigenvalue weighted by atomic mass is 10.1. The molecule has 0 radical (unpaired) electrons. The van der Waals surface area contributed by atoms with Gasteiger partial charge in [-0.05, 0) is 19.3 Å². The standard InChI is InChI=1S/C9H14O3/c1-11-9(10)7-8-3-2-5-12-6-4-8/h7H,2-6H2,1H3. The number of ether oxygens (including phenoxy) is 2. The summed E-state index contributed by atoms with van der Waals surface area (Å²) in [5.41, 5.74) is 1.14. The van der Waals surface area contributed by atoms with E-state index in [1.807, 2.05) is 0 Å². The summed E-state index contributed by atoms with van der Waals surface area (Å²) in [6.45, 7) is 1.53. The first-order valence-electron chi connectivity index (χ1n) is 4.18. The van der Waals surface area contributed by atoms with Crippen molar-refractivity contribution in [1.29, 1.82) is 0 Å². The Bertz CT molecular complexity index is 174. The molecule has 0 atom stereocenters. The maximum absolute atomic E-state index is 10.9. The van der Waals surface area contributed by atoms with Crippen LogP contribution >= 0.6 is 0 Å². The van der Waals surface area contributed by atoms with Crippen LogP contribution in [0.2, 0.25) is 0 Å².